The summed E-state index contributed by atoms with van der Waals surface area (Å²) >= 11 is 0. The zero-order valence-electron chi connectivity index (χ0n) is 22.0. The molecule has 3 heterocycles. The number of likely N-dealkylation sites (tertiary alicyclic amines) is 1. The molecule has 7 heteroatoms. The molecule has 1 aromatic heterocycles. The van der Waals surface area contributed by atoms with Crippen molar-refractivity contribution >= 4 is 22.7 Å². The van der Waals surface area contributed by atoms with E-state index in [1.165, 1.54) is 0 Å². The monoisotopic (exact) mass is 511 g/mol. The molecule has 0 spiro atoms. The molecule has 0 amide bonds. The molecule has 0 radical (unpaired) electrons. The summed E-state index contributed by atoms with van der Waals surface area (Å²) in [5.74, 6) is -0.0195. The van der Waals surface area contributed by atoms with E-state index in [1.807, 2.05) is 68.7 Å². The highest BCUT2D eigenvalue weighted by molar-refractivity contribution is 6.05. The van der Waals surface area contributed by atoms with Gasteiger partial charge in [-0.1, -0.05) is 30.3 Å². The van der Waals surface area contributed by atoms with Gasteiger partial charge in [0.25, 0.3) is 0 Å². The summed E-state index contributed by atoms with van der Waals surface area (Å²) < 4.78 is 11.7. The number of fused-ring (bicyclic) bond motifs is 1. The van der Waals surface area contributed by atoms with Crippen molar-refractivity contribution in [3.63, 3.8) is 0 Å². The maximum atomic E-state index is 14.0. The fourth-order valence-electron chi connectivity index (χ4n) is 6.41. The Morgan fingerprint density at radius 1 is 1.05 bits per heavy atom. The van der Waals surface area contributed by atoms with E-state index < -0.39 is 5.92 Å². The lowest BCUT2D eigenvalue weighted by Gasteiger charge is -2.37. The standard InChI is InChI=1S/C31H33N3O4/c1-18-28(31(36)38-20-12-14-34(2)17-20)29(23-8-6-9-24-22(23)11-13-32-24)30-25(33-18)15-19(16-26(30)35)21-7-4-5-10-27(21)37-3/h4-11,13,19-20,29,32-33H,12,14-17H2,1-3H3/t19-,20+,29-/m1/s1. The first-order valence-corrected chi connectivity index (χ1v) is 13.3. The predicted molar refractivity (Wildman–Crippen MR) is 146 cm³/mol. The van der Waals surface area contributed by atoms with Gasteiger partial charge in [0, 0.05) is 65.4 Å². The Balaban J connectivity index is 1.44. The van der Waals surface area contributed by atoms with E-state index in [0.717, 1.165) is 58.7 Å². The van der Waals surface area contributed by atoms with Gasteiger partial charge in [0.05, 0.1) is 12.7 Å². The normalized spacial score (nSPS) is 24.0. The lowest BCUT2D eigenvalue weighted by Crippen LogP contribution is -2.37. The highest BCUT2D eigenvalue weighted by atomic mass is 16.5. The van der Waals surface area contributed by atoms with E-state index in [9.17, 15) is 9.59 Å². The van der Waals surface area contributed by atoms with Gasteiger partial charge in [-0.25, -0.2) is 4.79 Å². The van der Waals surface area contributed by atoms with Crippen LogP contribution in [0.4, 0.5) is 0 Å². The van der Waals surface area contributed by atoms with Crippen LogP contribution in [-0.4, -0.2) is 55.0 Å². The van der Waals surface area contributed by atoms with Gasteiger partial charge in [-0.2, -0.15) is 0 Å². The minimum atomic E-state index is -0.497. The summed E-state index contributed by atoms with van der Waals surface area (Å²) in [6.45, 7) is 3.54. The van der Waals surface area contributed by atoms with Crippen molar-refractivity contribution in [3.05, 3.63) is 88.4 Å². The first-order valence-electron chi connectivity index (χ1n) is 13.3. The van der Waals surface area contributed by atoms with Crippen LogP contribution < -0.4 is 10.1 Å². The van der Waals surface area contributed by atoms with Gasteiger partial charge >= 0.3 is 5.97 Å². The molecule has 0 saturated carbocycles. The van der Waals surface area contributed by atoms with Crippen LogP contribution in [0.1, 0.15) is 49.1 Å². The number of H-pyrrole nitrogens is 1. The molecule has 3 aliphatic rings. The number of hydrogen-bond acceptors (Lipinski definition) is 6. The third kappa shape index (κ3) is 4.21. The largest absolute Gasteiger partial charge is 0.496 e. The van der Waals surface area contributed by atoms with Crippen molar-refractivity contribution in [2.75, 3.05) is 27.2 Å². The first kappa shape index (κ1) is 24.5. The SMILES string of the molecule is COc1ccccc1[C@H]1CC(=O)C2=C(C1)NC(C)=C(C(=O)O[C@H]1CCN(C)C1)[C@H]2c1cccc2[nH]ccc12. The number of nitrogens with one attached hydrogen (secondary N) is 2. The second kappa shape index (κ2) is 9.80. The van der Waals surface area contributed by atoms with Gasteiger partial charge in [0.2, 0.25) is 0 Å². The second-order valence-electron chi connectivity index (χ2n) is 10.6. The molecule has 7 nitrogen and oxygen atoms in total. The zero-order chi connectivity index (χ0) is 26.4. The molecule has 1 aliphatic carbocycles. The number of allylic oxidation sites excluding steroid dienone is 3. The summed E-state index contributed by atoms with van der Waals surface area (Å²) in [6.07, 6.45) is 3.58. The van der Waals surface area contributed by atoms with Gasteiger partial charge in [-0.15, -0.1) is 0 Å². The number of ketones is 1. The number of nitrogens with zero attached hydrogens (tertiary/aromatic N) is 1. The molecule has 38 heavy (non-hydrogen) atoms. The number of carbonyl (C=O) groups is 2. The average Bonchev–Trinajstić information content (AvgIpc) is 3.56. The second-order valence-corrected chi connectivity index (χ2v) is 10.6. The van der Waals surface area contributed by atoms with Crippen LogP contribution in [0.5, 0.6) is 5.75 Å². The highest BCUT2D eigenvalue weighted by Gasteiger charge is 2.43. The van der Waals surface area contributed by atoms with E-state index in [4.69, 9.17) is 9.47 Å². The van der Waals surface area contributed by atoms with Gasteiger partial charge in [-0.05, 0) is 56.1 Å². The lowest BCUT2D eigenvalue weighted by atomic mass is 9.71. The Morgan fingerprint density at radius 3 is 2.66 bits per heavy atom. The van der Waals surface area contributed by atoms with E-state index in [0.29, 0.717) is 24.0 Å². The van der Waals surface area contributed by atoms with Crippen molar-refractivity contribution in [2.24, 2.45) is 0 Å². The topological polar surface area (TPSA) is 83.7 Å². The molecule has 2 N–H and O–H groups in total. The maximum absolute atomic E-state index is 14.0. The van der Waals surface area contributed by atoms with Crippen molar-refractivity contribution < 1.29 is 19.1 Å². The van der Waals surface area contributed by atoms with Crippen molar-refractivity contribution in [2.45, 2.75) is 44.1 Å². The number of para-hydroxylation sites is 1. The summed E-state index contributed by atoms with van der Waals surface area (Å²) in [4.78, 5) is 33.2. The fraction of sp³-hybridized carbons (Fsp3) is 0.355. The molecule has 2 aromatic carbocycles. The molecule has 0 unspecified atom stereocenters. The molecule has 6 rings (SSSR count). The van der Waals surface area contributed by atoms with Crippen molar-refractivity contribution in [1.29, 1.82) is 0 Å². The van der Waals surface area contributed by atoms with Crippen LogP contribution >= 0.6 is 0 Å². The maximum Gasteiger partial charge on any atom is 0.337 e. The number of carbonyl (C=O) groups excluding carboxylic acids is 2. The number of benzene rings is 2. The molecule has 1 fully saturated rings. The van der Waals surface area contributed by atoms with Crippen LogP contribution in [0.15, 0.2) is 77.3 Å². The summed E-state index contributed by atoms with van der Waals surface area (Å²) in [5, 5.41) is 4.48. The Hall–Kier alpha value is -3.84. The Kier molecular flexibility index (Phi) is 6.32. The predicted octanol–water partition coefficient (Wildman–Crippen LogP) is 4.79. The van der Waals surface area contributed by atoms with Crippen LogP contribution in [0.25, 0.3) is 10.9 Å². The van der Waals surface area contributed by atoms with E-state index in [-0.39, 0.29) is 23.8 Å². The number of rotatable bonds is 5. The molecular formula is C31H33N3O4. The number of aromatic amines is 1. The average molecular weight is 512 g/mol. The van der Waals surface area contributed by atoms with Gasteiger partial charge < -0.3 is 24.7 Å². The molecule has 0 bridgehead atoms. The lowest BCUT2D eigenvalue weighted by molar-refractivity contribution is -0.144. The summed E-state index contributed by atoms with van der Waals surface area (Å²) in [5.41, 5.74) is 5.76. The van der Waals surface area contributed by atoms with Crippen molar-refractivity contribution in [1.82, 2.24) is 15.2 Å². The molecule has 196 valence electrons. The molecular weight excluding hydrogens is 478 g/mol. The van der Waals surface area contributed by atoms with Crippen LogP contribution in [0, 0.1) is 0 Å². The molecule has 3 atom stereocenters. The third-order valence-corrected chi connectivity index (χ3v) is 8.19. The summed E-state index contributed by atoms with van der Waals surface area (Å²) in [6, 6.07) is 15.9. The van der Waals surface area contributed by atoms with E-state index in [1.54, 1.807) is 7.11 Å². The van der Waals surface area contributed by atoms with Gasteiger partial charge in [0.1, 0.15) is 11.9 Å². The quantitative estimate of drug-likeness (QED) is 0.480. The van der Waals surface area contributed by atoms with Gasteiger partial charge in [-0.3, -0.25) is 4.79 Å². The van der Waals surface area contributed by atoms with Gasteiger partial charge in [0.15, 0.2) is 5.78 Å². The number of methoxy groups -OCH3 is 1. The van der Waals surface area contributed by atoms with E-state index >= 15 is 0 Å². The van der Waals surface area contributed by atoms with E-state index in [2.05, 4.69) is 15.2 Å². The number of dihydropyridines is 1. The number of esters is 1. The molecule has 1 saturated heterocycles. The number of hydrogen-bond donors (Lipinski definition) is 2. The Labute approximate surface area is 222 Å². The highest BCUT2D eigenvalue weighted by Crippen LogP contribution is 2.48. The minimum Gasteiger partial charge on any atom is -0.496 e. The molecule has 2 aliphatic heterocycles. The Morgan fingerprint density at radius 2 is 1.87 bits per heavy atom. The minimum absolute atomic E-state index is 0.0103. The number of Topliss-reactive ketones (excluding diaryl/α,β-unsaturated/α-hetero) is 1. The van der Waals surface area contributed by atoms with Crippen LogP contribution in [0.2, 0.25) is 0 Å². The smallest absolute Gasteiger partial charge is 0.337 e. The number of ether oxygens (including phenoxy) is 2. The first-order chi connectivity index (χ1) is 18.4. The number of aromatic nitrogens is 1. The van der Waals surface area contributed by atoms with Crippen molar-refractivity contribution in [3.8, 4) is 5.75 Å². The van der Waals surface area contributed by atoms with Crippen LogP contribution in [-0.2, 0) is 14.3 Å². The fourth-order valence-corrected chi connectivity index (χ4v) is 6.41. The zero-order valence-corrected chi connectivity index (χ0v) is 22.0. The third-order valence-electron chi connectivity index (χ3n) is 8.19. The Bertz CT molecular complexity index is 1480. The number of likely N-dealkylation sites (N-methyl/N-ethyl adjacent to an activating group) is 1. The molecule has 3 aromatic rings. The van der Waals surface area contributed by atoms with Crippen LogP contribution in [0.3, 0.4) is 0 Å². The summed E-state index contributed by atoms with van der Waals surface area (Å²) in [7, 11) is 3.69.